The molecule has 1 fully saturated rings. The molecule has 8 heteroatoms. The zero-order valence-electron chi connectivity index (χ0n) is 16.8. The molecule has 1 aliphatic carbocycles. The molecule has 0 atom stereocenters. The lowest BCUT2D eigenvalue weighted by Crippen LogP contribution is -2.34. The van der Waals surface area contributed by atoms with Crippen molar-refractivity contribution in [2.75, 3.05) is 0 Å². The molecule has 1 amide bonds. The van der Waals surface area contributed by atoms with Gasteiger partial charge in [0.25, 0.3) is 5.91 Å². The maximum absolute atomic E-state index is 12.8. The molecule has 2 N–H and O–H groups in total. The van der Waals surface area contributed by atoms with Gasteiger partial charge in [-0.15, -0.1) is 0 Å². The summed E-state index contributed by atoms with van der Waals surface area (Å²) in [5.41, 5.74) is 4.02. The van der Waals surface area contributed by atoms with Gasteiger partial charge in [0.15, 0.2) is 0 Å². The van der Waals surface area contributed by atoms with E-state index in [4.69, 9.17) is 4.42 Å². The Hall–Kier alpha value is -2.45. The van der Waals surface area contributed by atoms with Crippen molar-refractivity contribution in [2.24, 2.45) is 5.10 Å². The first kappa shape index (κ1) is 21.3. The Morgan fingerprint density at radius 1 is 1.14 bits per heavy atom. The number of amides is 1. The number of rotatable bonds is 6. The highest BCUT2D eigenvalue weighted by Crippen LogP contribution is 2.20. The Morgan fingerprint density at radius 3 is 2.52 bits per heavy atom. The van der Waals surface area contributed by atoms with Gasteiger partial charge < -0.3 is 4.42 Å². The minimum Gasteiger partial charge on any atom is -0.469 e. The van der Waals surface area contributed by atoms with Crippen LogP contribution in [-0.4, -0.2) is 26.1 Å². The third-order valence-corrected chi connectivity index (χ3v) is 6.69. The van der Waals surface area contributed by atoms with E-state index in [1.54, 1.807) is 44.2 Å². The molecule has 0 spiro atoms. The normalized spacial score (nSPS) is 16.4. The molecular formula is C21H27N3O4S. The zero-order chi connectivity index (χ0) is 20.9. The highest BCUT2D eigenvalue weighted by molar-refractivity contribution is 7.89. The molecule has 1 aromatic heterocycles. The Kier molecular flexibility index (Phi) is 6.87. The monoisotopic (exact) mass is 417 g/mol. The molecule has 2 aromatic rings. The van der Waals surface area contributed by atoms with Crippen LogP contribution >= 0.6 is 0 Å². The van der Waals surface area contributed by atoms with Gasteiger partial charge in [0, 0.05) is 6.04 Å². The van der Waals surface area contributed by atoms with Gasteiger partial charge in [-0.2, -0.15) is 5.10 Å². The minimum absolute atomic E-state index is 0.0154. The van der Waals surface area contributed by atoms with Crippen LogP contribution in [0.4, 0.5) is 0 Å². The van der Waals surface area contributed by atoms with Crippen LogP contribution in [0.3, 0.4) is 0 Å². The molecular weight excluding hydrogens is 390 g/mol. The molecule has 3 rings (SSSR count). The molecule has 29 heavy (non-hydrogen) atoms. The summed E-state index contributed by atoms with van der Waals surface area (Å²) < 4.78 is 33.6. The Bertz CT molecular complexity index is 987. The fraction of sp³-hybridized carbons (Fsp3) is 0.429. The molecule has 0 aliphatic heterocycles. The first-order valence-electron chi connectivity index (χ1n) is 9.88. The second kappa shape index (κ2) is 9.37. The Morgan fingerprint density at radius 2 is 1.86 bits per heavy atom. The number of sulfonamides is 1. The number of carbonyl (C=O) groups excluding carboxylic acids is 1. The summed E-state index contributed by atoms with van der Waals surface area (Å²) >= 11 is 0. The van der Waals surface area contributed by atoms with Crippen molar-refractivity contribution < 1.29 is 17.6 Å². The summed E-state index contributed by atoms with van der Waals surface area (Å²) in [6, 6.07) is 8.15. The maximum atomic E-state index is 12.8. The number of hydrogen-bond acceptors (Lipinski definition) is 5. The largest absolute Gasteiger partial charge is 0.469 e. The van der Waals surface area contributed by atoms with Crippen molar-refractivity contribution in [1.82, 2.24) is 10.1 Å². The van der Waals surface area contributed by atoms with Crippen LogP contribution in [0, 0.1) is 6.92 Å². The van der Waals surface area contributed by atoms with Crippen molar-refractivity contribution in [2.45, 2.75) is 63.3 Å². The third kappa shape index (κ3) is 5.55. The highest BCUT2D eigenvalue weighted by Gasteiger charge is 2.21. The molecule has 7 nitrogen and oxygen atoms in total. The molecule has 156 valence electrons. The fourth-order valence-corrected chi connectivity index (χ4v) is 4.80. The molecule has 0 saturated heterocycles. The van der Waals surface area contributed by atoms with Crippen LogP contribution in [0.2, 0.25) is 0 Å². The van der Waals surface area contributed by atoms with E-state index in [-0.39, 0.29) is 16.8 Å². The van der Waals surface area contributed by atoms with E-state index in [9.17, 15) is 13.2 Å². The van der Waals surface area contributed by atoms with Gasteiger partial charge >= 0.3 is 0 Å². The number of carbonyl (C=O) groups is 1. The number of furan rings is 1. The van der Waals surface area contributed by atoms with Gasteiger partial charge in [-0.1, -0.05) is 37.8 Å². The van der Waals surface area contributed by atoms with Crippen molar-refractivity contribution >= 4 is 21.6 Å². The first-order valence-corrected chi connectivity index (χ1v) is 11.4. The predicted molar refractivity (Wildman–Crippen MR) is 111 cm³/mol. The fourth-order valence-electron chi connectivity index (χ4n) is 3.45. The number of nitrogens with one attached hydrogen (secondary N) is 2. The SMILES string of the molecule is C/C(=N/NC(=O)c1ccoc1C)c1cccc(S(=O)(=O)NC2CCCCCC2)c1. The van der Waals surface area contributed by atoms with Crippen LogP contribution < -0.4 is 10.1 Å². The second-order valence-electron chi connectivity index (χ2n) is 7.37. The van der Waals surface area contributed by atoms with Crippen LogP contribution in [0.25, 0.3) is 0 Å². The van der Waals surface area contributed by atoms with Crippen LogP contribution in [-0.2, 0) is 10.0 Å². The molecule has 0 unspecified atom stereocenters. The number of benzene rings is 1. The quantitative estimate of drug-likeness (QED) is 0.425. The summed E-state index contributed by atoms with van der Waals surface area (Å²) in [4.78, 5) is 12.4. The van der Waals surface area contributed by atoms with Crippen LogP contribution in [0.5, 0.6) is 0 Å². The molecule has 1 aliphatic rings. The van der Waals surface area contributed by atoms with E-state index in [1.165, 1.54) is 6.26 Å². The van der Waals surface area contributed by atoms with Gasteiger partial charge in [-0.25, -0.2) is 18.6 Å². The van der Waals surface area contributed by atoms with Gasteiger partial charge in [0.05, 0.1) is 22.4 Å². The number of nitrogens with zero attached hydrogens (tertiary/aromatic N) is 1. The highest BCUT2D eigenvalue weighted by atomic mass is 32.2. The maximum Gasteiger partial charge on any atom is 0.274 e. The van der Waals surface area contributed by atoms with Crippen molar-refractivity contribution in [3.05, 3.63) is 53.5 Å². The van der Waals surface area contributed by atoms with Crippen molar-refractivity contribution in [3.63, 3.8) is 0 Å². The van der Waals surface area contributed by atoms with Crippen LogP contribution in [0.15, 0.2) is 51.0 Å². The summed E-state index contributed by atoms with van der Waals surface area (Å²) in [5.74, 6) is 0.127. The van der Waals surface area contributed by atoms with E-state index < -0.39 is 10.0 Å². The molecule has 0 bridgehead atoms. The smallest absolute Gasteiger partial charge is 0.274 e. The average Bonchev–Trinajstić information content (AvgIpc) is 2.97. The molecule has 0 radical (unpaired) electrons. The van der Waals surface area contributed by atoms with E-state index in [1.807, 2.05) is 0 Å². The molecule has 1 aromatic carbocycles. The van der Waals surface area contributed by atoms with Gasteiger partial charge in [-0.3, -0.25) is 4.79 Å². The van der Waals surface area contributed by atoms with Crippen molar-refractivity contribution in [1.29, 1.82) is 0 Å². The third-order valence-electron chi connectivity index (χ3n) is 5.17. The minimum atomic E-state index is -3.61. The Balaban J connectivity index is 1.72. The summed E-state index contributed by atoms with van der Waals surface area (Å²) in [5, 5.41) is 4.10. The summed E-state index contributed by atoms with van der Waals surface area (Å²) in [6.45, 7) is 3.41. The summed E-state index contributed by atoms with van der Waals surface area (Å²) in [6.07, 6.45) is 7.61. The molecule has 1 heterocycles. The van der Waals surface area contributed by atoms with E-state index in [0.717, 1.165) is 38.5 Å². The molecule has 1 saturated carbocycles. The van der Waals surface area contributed by atoms with Gasteiger partial charge in [0.1, 0.15) is 5.76 Å². The topological polar surface area (TPSA) is 101 Å². The van der Waals surface area contributed by atoms with Crippen LogP contribution in [0.1, 0.15) is 67.1 Å². The predicted octanol–water partition coefficient (Wildman–Crippen LogP) is 3.74. The number of aryl methyl sites for hydroxylation is 1. The summed E-state index contributed by atoms with van der Waals surface area (Å²) in [7, 11) is -3.61. The lowest BCUT2D eigenvalue weighted by Gasteiger charge is -2.16. The number of hydrazone groups is 1. The standard InChI is InChI=1S/C21H27N3O4S/c1-15(22-23-21(25)20-12-13-28-16(20)2)17-8-7-11-19(14-17)29(26,27)24-18-9-5-3-4-6-10-18/h7-8,11-14,18,24H,3-6,9-10H2,1-2H3,(H,23,25)/b22-15-. The van der Waals surface area contributed by atoms with E-state index in [2.05, 4.69) is 15.2 Å². The van der Waals surface area contributed by atoms with E-state index >= 15 is 0 Å². The lowest BCUT2D eigenvalue weighted by molar-refractivity contribution is 0.0953. The average molecular weight is 418 g/mol. The zero-order valence-corrected chi connectivity index (χ0v) is 17.6. The Labute approximate surface area is 171 Å². The second-order valence-corrected chi connectivity index (χ2v) is 9.08. The van der Waals surface area contributed by atoms with Crippen molar-refractivity contribution in [3.8, 4) is 0 Å². The number of hydrogen-bond donors (Lipinski definition) is 2. The van der Waals surface area contributed by atoms with Gasteiger partial charge in [-0.05, 0) is 50.5 Å². The van der Waals surface area contributed by atoms with E-state index in [0.29, 0.717) is 22.6 Å². The lowest BCUT2D eigenvalue weighted by atomic mass is 10.1. The first-order chi connectivity index (χ1) is 13.9. The van der Waals surface area contributed by atoms with Gasteiger partial charge in [0.2, 0.25) is 10.0 Å².